The van der Waals surface area contributed by atoms with E-state index in [0.717, 1.165) is 26.8 Å². The summed E-state index contributed by atoms with van der Waals surface area (Å²) in [5.41, 5.74) is 4.17. The fourth-order valence-corrected chi connectivity index (χ4v) is 2.78. The van der Waals surface area contributed by atoms with Gasteiger partial charge in [0.15, 0.2) is 0 Å². The number of rotatable bonds is 2. The zero-order valence-corrected chi connectivity index (χ0v) is 13.2. The van der Waals surface area contributed by atoms with Gasteiger partial charge in [-0.25, -0.2) is 0 Å². The Hall–Kier alpha value is -1.58. The van der Waals surface area contributed by atoms with Crippen molar-refractivity contribution in [3.8, 4) is 0 Å². The molecular formula is C16H12BrClN2. The van der Waals surface area contributed by atoms with Gasteiger partial charge in [0.1, 0.15) is 0 Å². The van der Waals surface area contributed by atoms with E-state index in [9.17, 15) is 0 Å². The van der Waals surface area contributed by atoms with E-state index in [4.69, 9.17) is 11.6 Å². The summed E-state index contributed by atoms with van der Waals surface area (Å²) < 4.78 is 1.08. The van der Waals surface area contributed by atoms with E-state index in [1.807, 2.05) is 30.3 Å². The molecule has 1 N–H and O–H groups in total. The predicted molar refractivity (Wildman–Crippen MR) is 88.9 cm³/mol. The molecule has 0 spiro atoms. The molecule has 0 aliphatic carbocycles. The fourth-order valence-electron chi connectivity index (χ4n) is 2.14. The number of halogens is 2. The van der Waals surface area contributed by atoms with Crippen molar-refractivity contribution in [2.24, 2.45) is 0 Å². The largest absolute Gasteiger partial charge is 0.355 e. The van der Waals surface area contributed by atoms with Crippen LogP contribution in [0.15, 0.2) is 53.1 Å². The number of fused-ring (bicyclic) bond motifs is 1. The minimum absolute atomic E-state index is 0.696. The number of pyridine rings is 1. The molecule has 1 heterocycles. The Balaban J connectivity index is 2.06. The van der Waals surface area contributed by atoms with Crippen LogP contribution < -0.4 is 5.32 Å². The third-order valence-electron chi connectivity index (χ3n) is 3.16. The fraction of sp³-hybridized carbons (Fsp3) is 0.0625. The number of anilines is 2. The highest BCUT2D eigenvalue weighted by Crippen LogP contribution is 2.29. The number of nitrogens with one attached hydrogen (secondary N) is 1. The quantitative estimate of drug-likeness (QED) is 0.643. The summed E-state index contributed by atoms with van der Waals surface area (Å²) in [5, 5.41) is 5.21. The lowest BCUT2D eigenvalue weighted by Crippen LogP contribution is -1.94. The van der Waals surface area contributed by atoms with Crippen LogP contribution in [-0.2, 0) is 0 Å². The summed E-state index contributed by atoms with van der Waals surface area (Å²) in [7, 11) is 0. The highest BCUT2D eigenvalue weighted by molar-refractivity contribution is 9.10. The van der Waals surface area contributed by atoms with E-state index in [1.165, 1.54) is 5.56 Å². The van der Waals surface area contributed by atoms with Crippen LogP contribution in [0.4, 0.5) is 11.4 Å². The molecular weight excluding hydrogens is 336 g/mol. The first-order chi connectivity index (χ1) is 9.63. The summed E-state index contributed by atoms with van der Waals surface area (Å²) in [6.45, 7) is 2.08. The van der Waals surface area contributed by atoms with Gasteiger partial charge in [0.25, 0.3) is 0 Å². The van der Waals surface area contributed by atoms with E-state index in [1.54, 1.807) is 6.20 Å². The van der Waals surface area contributed by atoms with Crippen LogP contribution in [0.25, 0.3) is 10.9 Å². The van der Waals surface area contributed by atoms with Gasteiger partial charge in [-0.3, -0.25) is 4.98 Å². The smallest absolute Gasteiger partial charge is 0.0737 e. The highest BCUT2D eigenvalue weighted by Gasteiger charge is 2.05. The molecule has 0 unspecified atom stereocenters. The minimum Gasteiger partial charge on any atom is -0.355 e. The molecule has 0 radical (unpaired) electrons. The van der Waals surface area contributed by atoms with Crippen molar-refractivity contribution in [2.75, 3.05) is 5.32 Å². The molecule has 0 atom stereocenters. The van der Waals surface area contributed by atoms with Gasteiger partial charge in [-0.2, -0.15) is 0 Å². The zero-order valence-electron chi connectivity index (χ0n) is 10.8. The van der Waals surface area contributed by atoms with Crippen LogP contribution in [0.1, 0.15) is 5.56 Å². The first-order valence-corrected chi connectivity index (χ1v) is 7.38. The van der Waals surface area contributed by atoms with Gasteiger partial charge in [0.05, 0.1) is 5.52 Å². The Kier molecular flexibility index (Phi) is 3.64. The SMILES string of the molecule is Cc1cc(Br)ccc1Nc1ccnc2cc(Cl)ccc12. The Morgan fingerprint density at radius 3 is 2.70 bits per heavy atom. The normalized spacial score (nSPS) is 10.8. The van der Waals surface area contributed by atoms with Crippen molar-refractivity contribution in [2.45, 2.75) is 6.92 Å². The summed E-state index contributed by atoms with van der Waals surface area (Å²) >= 11 is 9.49. The second-order valence-corrected chi connectivity index (χ2v) is 5.96. The first kappa shape index (κ1) is 13.4. The molecule has 0 saturated heterocycles. The van der Waals surface area contributed by atoms with Crippen LogP contribution >= 0.6 is 27.5 Å². The lowest BCUT2D eigenvalue weighted by Gasteiger charge is -2.12. The molecule has 2 nitrogen and oxygen atoms in total. The van der Waals surface area contributed by atoms with Crippen molar-refractivity contribution in [3.05, 3.63) is 63.7 Å². The number of benzene rings is 2. The maximum absolute atomic E-state index is 6.01. The molecule has 4 heteroatoms. The van der Waals surface area contributed by atoms with Gasteiger partial charge in [-0.1, -0.05) is 27.5 Å². The highest BCUT2D eigenvalue weighted by atomic mass is 79.9. The van der Waals surface area contributed by atoms with Gasteiger partial charge >= 0.3 is 0 Å². The average molecular weight is 348 g/mol. The summed E-state index contributed by atoms with van der Waals surface area (Å²) in [5.74, 6) is 0. The van der Waals surface area contributed by atoms with Crippen LogP contribution in [0, 0.1) is 6.92 Å². The molecule has 1 aromatic heterocycles. The Labute approximate surface area is 130 Å². The number of aromatic nitrogens is 1. The summed E-state index contributed by atoms with van der Waals surface area (Å²) in [6, 6.07) is 13.9. The molecule has 2 aromatic carbocycles. The minimum atomic E-state index is 0.696. The molecule has 3 rings (SSSR count). The van der Waals surface area contributed by atoms with Crippen molar-refractivity contribution in [1.29, 1.82) is 0 Å². The van der Waals surface area contributed by atoms with E-state index >= 15 is 0 Å². The maximum Gasteiger partial charge on any atom is 0.0737 e. The third-order valence-corrected chi connectivity index (χ3v) is 3.89. The topological polar surface area (TPSA) is 24.9 Å². The molecule has 0 bridgehead atoms. The maximum atomic E-state index is 6.01. The first-order valence-electron chi connectivity index (χ1n) is 6.21. The number of hydrogen-bond acceptors (Lipinski definition) is 2. The van der Waals surface area contributed by atoms with E-state index in [0.29, 0.717) is 5.02 Å². The van der Waals surface area contributed by atoms with Gasteiger partial charge in [-0.15, -0.1) is 0 Å². The molecule has 0 amide bonds. The van der Waals surface area contributed by atoms with Crippen LogP contribution in [-0.4, -0.2) is 4.98 Å². The number of hydrogen-bond donors (Lipinski definition) is 1. The second kappa shape index (κ2) is 5.43. The molecule has 0 fully saturated rings. The lowest BCUT2D eigenvalue weighted by atomic mass is 10.1. The van der Waals surface area contributed by atoms with Crippen molar-refractivity contribution >= 4 is 49.8 Å². The zero-order chi connectivity index (χ0) is 14.1. The van der Waals surface area contributed by atoms with E-state index < -0.39 is 0 Å². The van der Waals surface area contributed by atoms with Gasteiger partial charge in [0, 0.05) is 32.5 Å². The van der Waals surface area contributed by atoms with Crippen molar-refractivity contribution in [3.63, 3.8) is 0 Å². The second-order valence-electron chi connectivity index (χ2n) is 4.60. The lowest BCUT2D eigenvalue weighted by molar-refractivity contribution is 1.39. The van der Waals surface area contributed by atoms with Gasteiger partial charge in [0.2, 0.25) is 0 Å². The molecule has 3 aromatic rings. The Morgan fingerprint density at radius 1 is 1.05 bits per heavy atom. The van der Waals surface area contributed by atoms with Crippen LogP contribution in [0.3, 0.4) is 0 Å². The van der Waals surface area contributed by atoms with Crippen molar-refractivity contribution < 1.29 is 0 Å². The van der Waals surface area contributed by atoms with Crippen LogP contribution in [0.5, 0.6) is 0 Å². The summed E-state index contributed by atoms with van der Waals surface area (Å²) in [4.78, 5) is 4.35. The van der Waals surface area contributed by atoms with Crippen LogP contribution in [0.2, 0.25) is 5.02 Å². The number of aryl methyl sites for hydroxylation is 1. The average Bonchev–Trinajstić information content (AvgIpc) is 2.41. The molecule has 20 heavy (non-hydrogen) atoms. The molecule has 0 aliphatic heterocycles. The van der Waals surface area contributed by atoms with E-state index in [2.05, 4.69) is 45.3 Å². The van der Waals surface area contributed by atoms with Gasteiger partial charge in [-0.05, 0) is 55.0 Å². The van der Waals surface area contributed by atoms with E-state index in [-0.39, 0.29) is 0 Å². The predicted octanol–water partition coefficient (Wildman–Crippen LogP) is 5.70. The molecule has 0 saturated carbocycles. The van der Waals surface area contributed by atoms with Gasteiger partial charge < -0.3 is 5.32 Å². The Morgan fingerprint density at radius 2 is 1.90 bits per heavy atom. The number of nitrogens with zero attached hydrogens (tertiary/aromatic N) is 1. The summed E-state index contributed by atoms with van der Waals surface area (Å²) in [6.07, 6.45) is 1.79. The monoisotopic (exact) mass is 346 g/mol. The molecule has 100 valence electrons. The molecule has 0 aliphatic rings. The standard InChI is InChI=1S/C16H12BrClN2/c1-10-8-11(17)2-5-14(10)20-15-6-7-19-16-9-12(18)3-4-13(15)16/h2-9H,1H3,(H,19,20). The third kappa shape index (κ3) is 2.65. The Bertz CT molecular complexity index is 787. The van der Waals surface area contributed by atoms with Crippen molar-refractivity contribution in [1.82, 2.24) is 4.98 Å².